The Morgan fingerprint density at radius 1 is 1.18 bits per heavy atom. The van der Waals surface area contributed by atoms with Crippen LogP contribution in [0, 0.1) is 5.82 Å². The van der Waals surface area contributed by atoms with Crippen LogP contribution in [0.1, 0.15) is 11.3 Å². The van der Waals surface area contributed by atoms with E-state index in [9.17, 15) is 4.39 Å². The van der Waals surface area contributed by atoms with Crippen molar-refractivity contribution in [3.63, 3.8) is 0 Å². The van der Waals surface area contributed by atoms with E-state index in [1.54, 1.807) is 6.07 Å². The Bertz CT molecular complexity index is 533. The molecule has 4 heteroatoms. The predicted molar refractivity (Wildman–Crippen MR) is 64.3 cm³/mol. The molecule has 2 aromatic rings. The summed E-state index contributed by atoms with van der Waals surface area (Å²) in [6.45, 7) is 1.92. The van der Waals surface area contributed by atoms with Gasteiger partial charge in [-0.05, 0) is 25.1 Å². The number of nitrogens with zero attached hydrogens (tertiary/aromatic N) is 1. The zero-order valence-corrected chi connectivity index (χ0v) is 9.46. The Kier molecular flexibility index (Phi) is 2.65. The van der Waals surface area contributed by atoms with Crippen LogP contribution in [-0.2, 0) is 12.8 Å². The highest BCUT2D eigenvalue weighted by atomic mass is 19.1. The SMILES string of the molecule is Fc1cccc(-c2n[nH]c3c2CCNCC3)c1. The third-order valence-electron chi connectivity index (χ3n) is 3.15. The lowest BCUT2D eigenvalue weighted by Crippen LogP contribution is -2.16. The third kappa shape index (κ3) is 1.96. The maximum absolute atomic E-state index is 13.2. The summed E-state index contributed by atoms with van der Waals surface area (Å²) in [6, 6.07) is 6.61. The van der Waals surface area contributed by atoms with E-state index in [1.165, 1.54) is 23.4 Å². The lowest BCUT2D eigenvalue weighted by molar-refractivity contribution is 0.628. The molecule has 0 radical (unpaired) electrons. The second-order valence-electron chi connectivity index (χ2n) is 4.29. The van der Waals surface area contributed by atoms with Crippen molar-refractivity contribution >= 4 is 0 Å². The highest BCUT2D eigenvalue weighted by Crippen LogP contribution is 2.25. The quantitative estimate of drug-likeness (QED) is 0.787. The van der Waals surface area contributed by atoms with Crippen molar-refractivity contribution < 1.29 is 4.39 Å². The Hall–Kier alpha value is -1.68. The van der Waals surface area contributed by atoms with Crippen LogP contribution in [0.5, 0.6) is 0 Å². The second-order valence-corrected chi connectivity index (χ2v) is 4.29. The average molecular weight is 231 g/mol. The van der Waals surface area contributed by atoms with Gasteiger partial charge in [-0.2, -0.15) is 5.10 Å². The van der Waals surface area contributed by atoms with Crippen LogP contribution in [0.3, 0.4) is 0 Å². The van der Waals surface area contributed by atoms with E-state index in [2.05, 4.69) is 15.5 Å². The molecule has 0 bridgehead atoms. The van der Waals surface area contributed by atoms with Crippen molar-refractivity contribution in [3.8, 4) is 11.3 Å². The summed E-state index contributed by atoms with van der Waals surface area (Å²) in [4.78, 5) is 0. The molecular formula is C13H14FN3. The number of H-pyrrole nitrogens is 1. The summed E-state index contributed by atoms with van der Waals surface area (Å²) >= 11 is 0. The van der Waals surface area contributed by atoms with Crippen molar-refractivity contribution in [2.24, 2.45) is 0 Å². The lowest BCUT2D eigenvalue weighted by Gasteiger charge is -2.02. The minimum atomic E-state index is -0.217. The normalized spacial score (nSPS) is 15.4. The van der Waals surface area contributed by atoms with Gasteiger partial charge in [-0.1, -0.05) is 12.1 Å². The maximum Gasteiger partial charge on any atom is 0.123 e. The van der Waals surface area contributed by atoms with Crippen molar-refractivity contribution in [1.82, 2.24) is 15.5 Å². The van der Waals surface area contributed by atoms with Crippen LogP contribution < -0.4 is 5.32 Å². The first kappa shape index (κ1) is 10.5. The monoisotopic (exact) mass is 231 g/mol. The largest absolute Gasteiger partial charge is 0.316 e. The van der Waals surface area contributed by atoms with Crippen molar-refractivity contribution in [2.75, 3.05) is 13.1 Å². The molecule has 3 rings (SSSR count). The fourth-order valence-electron chi connectivity index (χ4n) is 2.30. The highest BCUT2D eigenvalue weighted by molar-refractivity contribution is 5.64. The van der Waals surface area contributed by atoms with Crippen molar-refractivity contribution in [2.45, 2.75) is 12.8 Å². The standard InChI is InChI=1S/C13H14FN3/c14-10-3-1-2-9(8-10)13-11-4-6-15-7-5-12(11)16-17-13/h1-3,8,15H,4-7H2,(H,16,17). The van der Waals surface area contributed by atoms with Crippen LogP contribution in [-0.4, -0.2) is 23.3 Å². The van der Waals surface area contributed by atoms with Gasteiger partial charge >= 0.3 is 0 Å². The summed E-state index contributed by atoms with van der Waals surface area (Å²) < 4.78 is 13.2. The summed E-state index contributed by atoms with van der Waals surface area (Å²) in [5.41, 5.74) is 4.14. The topological polar surface area (TPSA) is 40.7 Å². The number of fused-ring (bicyclic) bond motifs is 1. The summed E-state index contributed by atoms with van der Waals surface area (Å²) in [7, 11) is 0. The number of halogens is 1. The maximum atomic E-state index is 13.2. The average Bonchev–Trinajstić information content (AvgIpc) is 2.59. The Balaban J connectivity index is 2.06. The number of nitrogens with one attached hydrogen (secondary N) is 2. The van der Waals surface area contributed by atoms with Gasteiger partial charge in [0.2, 0.25) is 0 Å². The molecule has 88 valence electrons. The van der Waals surface area contributed by atoms with E-state index in [0.29, 0.717) is 0 Å². The highest BCUT2D eigenvalue weighted by Gasteiger charge is 2.16. The molecule has 1 aromatic heterocycles. The van der Waals surface area contributed by atoms with Gasteiger partial charge in [0.15, 0.2) is 0 Å². The number of aromatic nitrogens is 2. The number of hydrogen-bond acceptors (Lipinski definition) is 2. The van der Waals surface area contributed by atoms with Gasteiger partial charge in [0.05, 0.1) is 5.69 Å². The zero-order chi connectivity index (χ0) is 11.7. The first-order chi connectivity index (χ1) is 8.34. The fourth-order valence-corrected chi connectivity index (χ4v) is 2.30. The summed E-state index contributed by atoms with van der Waals surface area (Å²) in [5.74, 6) is -0.217. The van der Waals surface area contributed by atoms with E-state index in [1.807, 2.05) is 6.07 Å². The minimum absolute atomic E-state index is 0.217. The molecule has 0 atom stereocenters. The van der Waals surface area contributed by atoms with Crippen LogP contribution in [0.25, 0.3) is 11.3 Å². The fraction of sp³-hybridized carbons (Fsp3) is 0.308. The van der Waals surface area contributed by atoms with Crippen molar-refractivity contribution in [1.29, 1.82) is 0 Å². The first-order valence-corrected chi connectivity index (χ1v) is 5.87. The molecule has 17 heavy (non-hydrogen) atoms. The molecule has 0 saturated carbocycles. The van der Waals surface area contributed by atoms with Gasteiger partial charge in [-0.3, -0.25) is 5.10 Å². The summed E-state index contributed by atoms with van der Waals surface area (Å²) in [5, 5.41) is 10.8. The van der Waals surface area contributed by atoms with Gasteiger partial charge in [-0.15, -0.1) is 0 Å². The molecule has 0 unspecified atom stereocenters. The van der Waals surface area contributed by atoms with E-state index in [-0.39, 0.29) is 5.82 Å². The zero-order valence-electron chi connectivity index (χ0n) is 9.46. The van der Waals surface area contributed by atoms with Gasteiger partial charge in [0.25, 0.3) is 0 Å². The molecule has 0 fully saturated rings. The van der Waals surface area contributed by atoms with E-state index >= 15 is 0 Å². The number of hydrogen-bond donors (Lipinski definition) is 2. The molecule has 0 saturated heterocycles. The number of benzene rings is 1. The van der Waals surface area contributed by atoms with Gasteiger partial charge in [-0.25, -0.2) is 4.39 Å². The molecule has 2 heterocycles. The van der Waals surface area contributed by atoms with Gasteiger partial charge in [0, 0.05) is 29.8 Å². The van der Waals surface area contributed by atoms with E-state index < -0.39 is 0 Å². The molecule has 0 aliphatic carbocycles. The van der Waals surface area contributed by atoms with Crippen LogP contribution in [0.4, 0.5) is 4.39 Å². The smallest absolute Gasteiger partial charge is 0.123 e. The van der Waals surface area contributed by atoms with Gasteiger partial charge in [0.1, 0.15) is 5.82 Å². The molecule has 2 N–H and O–H groups in total. The molecule has 1 aromatic carbocycles. The lowest BCUT2D eigenvalue weighted by atomic mass is 10.0. The minimum Gasteiger partial charge on any atom is -0.316 e. The molecule has 1 aliphatic rings. The van der Waals surface area contributed by atoms with E-state index in [4.69, 9.17) is 0 Å². The molecule has 1 aliphatic heterocycles. The Morgan fingerprint density at radius 3 is 2.94 bits per heavy atom. The molecular weight excluding hydrogens is 217 g/mol. The third-order valence-corrected chi connectivity index (χ3v) is 3.15. The Morgan fingerprint density at radius 2 is 2.06 bits per heavy atom. The van der Waals surface area contributed by atoms with E-state index in [0.717, 1.165) is 37.2 Å². The predicted octanol–water partition coefficient (Wildman–Crippen LogP) is 1.90. The molecule has 0 spiro atoms. The van der Waals surface area contributed by atoms with Crippen LogP contribution in [0.15, 0.2) is 24.3 Å². The Labute approximate surface area is 99.1 Å². The van der Waals surface area contributed by atoms with Crippen molar-refractivity contribution in [3.05, 3.63) is 41.3 Å². The summed E-state index contributed by atoms with van der Waals surface area (Å²) in [6.07, 6.45) is 1.90. The van der Waals surface area contributed by atoms with Gasteiger partial charge < -0.3 is 5.32 Å². The van der Waals surface area contributed by atoms with Crippen LogP contribution in [0.2, 0.25) is 0 Å². The molecule has 3 nitrogen and oxygen atoms in total. The number of aromatic amines is 1. The van der Waals surface area contributed by atoms with Crippen LogP contribution >= 0.6 is 0 Å². The second kappa shape index (κ2) is 4.30. The molecule has 0 amide bonds. The first-order valence-electron chi connectivity index (χ1n) is 5.87. The number of rotatable bonds is 1.